The van der Waals surface area contributed by atoms with Crippen LogP contribution < -0.4 is 0 Å². The highest BCUT2D eigenvalue weighted by molar-refractivity contribution is 7.26. The summed E-state index contributed by atoms with van der Waals surface area (Å²) in [6.45, 7) is 4.74. The van der Waals surface area contributed by atoms with E-state index in [9.17, 15) is 0 Å². The molecule has 0 radical (unpaired) electrons. The summed E-state index contributed by atoms with van der Waals surface area (Å²) in [4.78, 5) is 0. The van der Waals surface area contributed by atoms with Crippen LogP contribution in [0, 0.1) is 0 Å². The van der Waals surface area contributed by atoms with Gasteiger partial charge in [0.2, 0.25) is 0 Å². The van der Waals surface area contributed by atoms with Crippen LogP contribution in [-0.2, 0) is 5.41 Å². The number of hydrogen-bond donors (Lipinski definition) is 0. The first-order valence-electron chi connectivity index (χ1n) is 38.0. The Labute approximate surface area is 640 Å². The fourth-order valence-corrected chi connectivity index (χ4v) is 19.3. The highest BCUT2D eigenvalue weighted by Gasteiger charge is 2.36. The van der Waals surface area contributed by atoms with Crippen LogP contribution in [-0.4, -0.2) is 18.3 Å². The minimum absolute atomic E-state index is 0.0950. The SMILES string of the molecule is CC1(C)c2ccccc2-c2cc3c4cc(-c5ccc6c(c5)c5ccccc5n6-c5ccc(-c6ccccc6)cc5)ccc4n(-c4ccc(-c5ccccc5)cc4)c3cc21.c1ccc(-c2ccc(-n3c4ccccc4c4cc(-c5ccc6c(c5)c5ccc7sc8ccccc8c7c5n6-c5ccccc5)ccc43)cc2)cc1. The van der Waals surface area contributed by atoms with Crippen molar-refractivity contribution in [1.29, 1.82) is 0 Å². The molecule has 1 aliphatic carbocycles. The van der Waals surface area contributed by atoms with E-state index in [-0.39, 0.29) is 5.41 Å². The van der Waals surface area contributed by atoms with Gasteiger partial charge in [0.15, 0.2) is 0 Å². The number of fused-ring (bicyclic) bond motifs is 19. The summed E-state index contributed by atoms with van der Waals surface area (Å²) < 4.78 is 12.4. The number of aromatic nitrogens is 4. The largest absolute Gasteiger partial charge is 0.309 e. The monoisotopic (exact) mass is 1420 g/mol. The van der Waals surface area contributed by atoms with Gasteiger partial charge in [-0.15, -0.1) is 11.3 Å². The number of hydrogen-bond acceptors (Lipinski definition) is 1. The Morgan fingerprint density at radius 2 is 0.545 bits per heavy atom. The van der Waals surface area contributed by atoms with Crippen LogP contribution in [0.25, 0.3) is 197 Å². The van der Waals surface area contributed by atoms with Gasteiger partial charge in [0.25, 0.3) is 0 Å². The van der Waals surface area contributed by atoms with Gasteiger partial charge in [-0.1, -0.05) is 269 Å². The van der Waals surface area contributed by atoms with Crippen LogP contribution in [0.5, 0.6) is 0 Å². The minimum Gasteiger partial charge on any atom is -0.309 e. The van der Waals surface area contributed by atoms with Crippen molar-refractivity contribution < 1.29 is 0 Å². The summed E-state index contributed by atoms with van der Waals surface area (Å²) >= 11 is 1.88. The summed E-state index contributed by atoms with van der Waals surface area (Å²) in [7, 11) is 0. The van der Waals surface area contributed by atoms with Crippen LogP contribution in [0.3, 0.4) is 0 Å². The van der Waals surface area contributed by atoms with Crippen molar-refractivity contribution in [3.63, 3.8) is 0 Å². The third-order valence-electron chi connectivity index (χ3n) is 23.5. The van der Waals surface area contributed by atoms with Crippen molar-refractivity contribution in [2.24, 2.45) is 0 Å². The van der Waals surface area contributed by atoms with Crippen molar-refractivity contribution in [2.75, 3.05) is 0 Å². The maximum absolute atomic E-state index is 2.47. The molecule has 0 amide bonds. The van der Waals surface area contributed by atoms with E-state index >= 15 is 0 Å². The molecule has 0 fully saturated rings. The van der Waals surface area contributed by atoms with Gasteiger partial charge in [0.1, 0.15) is 0 Å². The molecule has 0 aliphatic heterocycles. The topological polar surface area (TPSA) is 19.7 Å². The molecule has 0 N–H and O–H groups in total. The number of para-hydroxylation sites is 3. The molecule has 1 aliphatic rings. The Morgan fingerprint density at radius 1 is 0.200 bits per heavy atom. The molecule has 5 heterocycles. The summed E-state index contributed by atoms with van der Waals surface area (Å²) in [6, 6.07) is 143. The summed E-state index contributed by atoms with van der Waals surface area (Å²) in [5.41, 5.74) is 32.0. The molecule has 516 valence electrons. The molecule has 110 heavy (non-hydrogen) atoms. The molecule has 0 saturated heterocycles. The van der Waals surface area contributed by atoms with Gasteiger partial charge < -0.3 is 18.3 Å². The van der Waals surface area contributed by atoms with Crippen molar-refractivity contribution >= 4 is 119 Å². The van der Waals surface area contributed by atoms with Crippen molar-refractivity contribution in [3.05, 3.63) is 399 Å². The Morgan fingerprint density at radius 3 is 1.04 bits per heavy atom. The molecular weight excluding hydrogens is 1350 g/mol. The average Bonchev–Trinajstić information content (AvgIpc) is 1.56. The first-order valence-corrected chi connectivity index (χ1v) is 38.8. The third kappa shape index (κ3) is 10.0. The number of benzene rings is 17. The minimum atomic E-state index is -0.0950. The molecule has 0 spiro atoms. The molecule has 0 saturated carbocycles. The quantitative estimate of drug-likeness (QED) is 0.137. The van der Waals surface area contributed by atoms with Gasteiger partial charge in [0.05, 0.1) is 44.1 Å². The fourth-order valence-electron chi connectivity index (χ4n) is 18.2. The lowest BCUT2D eigenvalue weighted by atomic mass is 9.82. The molecule has 4 nitrogen and oxygen atoms in total. The van der Waals surface area contributed by atoms with E-state index in [1.807, 2.05) is 11.3 Å². The second-order valence-electron chi connectivity index (χ2n) is 29.9. The van der Waals surface area contributed by atoms with Gasteiger partial charge >= 0.3 is 0 Å². The van der Waals surface area contributed by atoms with Crippen LogP contribution in [0.1, 0.15) is 25.0 Å². The molecule has 22 aromatic rings. The van der Waals surface area contributed by atoms with E-state index in [0.717, 1.165) is 17.1 Å². The van der Waals surface area contributed by atoms with E-state index < -0.39 is 0 Å². The van der Waals surface area contributed by atoms with Crippen LogP contribution in [0.15, 0.2) is 388 Å². The number of rotatable bonds is 9. The second kappa shape index (κ2) is 25.1. The van der Waals surface area contributed by atoms with Gasteiger partial charge in [0, 0.05) is 91.4 Å². The van der Waals surface area contributed by atoms with Crippen molar-refractivity contribution in [1.82, 2.24) is 18.3 Å². The molecule has 5 heteroatoms. The summed E-state index contributed by atoms with van der Waals surface area (Å²) in [6.07, 6.45) is 0. The second-order valence-corrected chi connectivity index (χ2v) is 31.0. The maximum atomic E-state index is 2.47. The smallest absolute Gasteiger partial charge is 0.0634 e. The molecule has 0 bridgehead atoms. The van der Waals surface area contributed by atoms with Gasteiger partial charge in [-0.25, -0.2) is 0 Å². The summed E-state index contributed by atoms with van der Waals surface area (Å²) in [5, 5.41) is 12.8. The maximum Gasteiger partial charge on any atom is 0.0634 e. The molecule has 23 rings (SSSR count). The predicted octanol–water partition coefficient (Wildman–Crippen LogP) is 28.8. The van der Waals surface area contributed by atoms with E-state index in [1.165, 1.54) is 191 Å². The lowest BCUT2D eigenvalue weighted by Gasteiger charge is -2.21. The van der Waals surface area contributed by atoms with Gasteiger partial charge in [-0.05, 0) is 211 Å². The molecule has 0 atom stereocenters. The van der Waals surface area contributed by atoms with Gasteiger partial charge in [-0.3, -0.25) is 0 Å². The van der Waals surface area contributed by atoms with Crippen LogP contribution in [0.2, 0.25) is 0 Å². The zero-order valence-corrected chi connectivity index (χ0v) is 61.5. The van der Waals surface area contributed by atoms with E-state index in [1.54, 1.807) is 0 Å². The van der Waals surface area contributed by atoms with E-state index in [2.05, 4.69) is 420 Å². The molecule has 17 aromatic carbocycles. The molecule has 5 aromatic heterocycles. The Kier molecular flexibility index (Phi) is 14.5. The predicted molar refractivity (Wildman–Crippen MR) is 468 cm³/mol. The Hall–Kier alpha value is -13.8. The fraction of sp³-hybridized carbons (Fsp3) is 0.0286. The lowest BCUT2D eigenvalue weighted by Crippen LogP contribution is -2.14. The van der Waals surface area contributed by atoms with Crippen molar-refractivity contribution in [2.45, 2.75) is 19.3 Å². The zero-order valence-electron chi connectivity index (χ0n) is 60.6. The van der Waals surface area contributed by atoms with Crippen LogP contribution in [0.4, 0.5) is 0 Å². The van der Waals surface area contributed by atoms with E-state index in [0.29, 0.717) is 0 Å². The highest BCUT2D eigenvalue weighted by atomic mass is 32.1. The first kappa shape index (κ1) is 63.4. The first-order chi connectivity index (χ1) is 54.3. The highest BCUT2D eigenvalue weighted by Crippen LogP contribution is 2.52. The molecular formula is C105H70N4S. The van der Waals surface area contributed by atoms with Crippen molar-refractivity contribution in [3.8, 4) is 89.5 Å². The Bertz CT molecular complexity index is 7420. The average molecular weight is 1420 g/mol. The number of thiophene rings is 1. The van der Waals surface area contributed by atoms with E-state index in [4.69, 9.17) is 0 Å². The molecule has 0 unspecified atom stereocenters. The normalized spacial score (nSPS) is 12.5. The van der Waals surface area contributed by atoms with Crippen LogP contribution >= 0.6 is 11.3 Å². The summed E-state index contributed by atoms with van der Waals surface area (Å²) in [5.74, 6) is 0. The standard InChI is InChI=1S/C57H40N2.C48H30N2S/c1-57(2)51-19-11-9-17-45(51)47-35-50-49-34-42(26-32-55(49)59(56(50)36-52(47)57)44-29-23-40(24-30-44)38-15-7-4-8-16-38)41-25-31-54-48(33-41)46-18-10-12-20-53(46)58(54)43-27-21-39(22-28-43)37-13-5-3-6-14-37;1-3-11-31(12-4-1)32-19-23-36(24-20-32)49-42-17-9-7-15-37(42)40-29-33(21-26-43(40)49)34-22-27-44-41(30-34)38-25-28-46-47(39-16-8-10-18-45(39)51-46)48(38)50(44)35-13-5-2-6-14-35/h3-36H,1-2H3;1-30H. The lowest BCUT2D eigenvalue weighted by molar-refractivity contribution is 0.661. The van der Waals surface area contributed by atoms with Gasteiger partial charge in [-0.2, -0.15) is 0 Å². The zero-order chi connectivity index (χ0) is 72.7. The number of nitrogens with zero attached hydrogens (tertiary/aromatic N) is 4. The Balaban J connectivity index is 0.000000137. The third-order valence-corrected chi connectivity index (χ3v) is 24.6.